The van der Waals surface area contributed by atoms with Crippen molar-refractivity contribution in [1.82, 2.24) is 19.4 Å². The van der Waals surface area contributed by atoms with Gasteiger partial charge in [0.25, 0.3) is 16.5 Å². The molecule has 2 aliphatic rings. The standard InChI is InChI=1S/C28H30F2N6O4S.CH2O2/c1-39-27-22(34-41(37,38)26-8-6-19(29)15-20(26)30)13-18(16-32-27)17-5-7-21-25(14-17)36(28(31)33-21)24-4-2-3-23(24)35-9-11-40-12-10-35;2-1-3/h5-8,13-16,23-24,34H,2-4,9-12H2,1H3,(H2,31,33);1H,(H,2,3). The third kappa shape index (κ3) is 6.30. The zero-order valence-corrected chi connectivity index (χ0v) is 24.6. The van der Waals surface area contributed by atoms with Gasteiger partial charge in [0, 0.05) is 37.0 Å². The summed E-state index contributed by atoms with van der Waals surface area (Å²) >= 11 is 0. The molecule has 3 heterocycles. The van der Waals surface area contributed by atoms with Crippen molar-refractivity contribution in [3.63, 3.8) is 0 Å². The third-order valence-electron chi connectivity index (χ3n) is 7.81. The van der Waals surface area contributed by atoms with Gasteiger partial charge in [-0.15, -0.1) is 0 Å². The van der Waals surface area contributed by atoms with Crippen LogP contribution in [0.25, 0.3) is 22.2 Å². The highest BCUT2D eigenvalue weighted by atomic mass is 32.2. The Kier molecular flexibility index (Phi) is 9.27. The van der Waals surface area contributed by atoms with Crippen molar-refractivity contribution in [2.75, 3.05) is 43.9 Å². The molecule has 4 N–H and O–H groups in total. The predicted molar refractivity (Wildman–Crippen MR) is 159 cm³/mol. The molecule has 0 amide bonds. The SMILES string of the molecule is COc1ncc(-c2ccc3nc(N)n(C4CCCC4N4CCOCC4)c3c2)cc1NS(=O)(=O)c1ccc(F)cc1F.O=CO. The fourth-order valence-corrected chi connectivity index (χ4v) is 7.04. The maximum Gasteiger partial charge on any atom is 0.290 e. The average Bonchev–Trinajstić information content (AvgIpc) is 3.60. The molecule has 12 nitrogen and oxygen atoms in total. The van der Waals surface area contributed by atoms with Crippen LogP contribution in [0, 0.1) is 11.6 Å². The monoisotopic (exact) mass is 630 g/mol. The van der Waals surface area contributed by atoms with Gasteiger partial charge in [0.15, 0.2) is 0 Å². The number of halogens is 2. The van der Waals surface area contributed by atoms with E-state index in [0.717, 1.165) is 74.3 Å². The molecule has 0 spiro atoms. The number of aromatic nitrogens is 3. The Morgan fingerprint density at radius 1 is 1.09 bits per heavy atom. The van der Waals surface area contributed by atoms with Crippen LogP contribution in [0.2, 0.25) is 0 Å². The summed E-state index contributed by atoms with van der Waals surface area (Å²) in [6.07, 6.45) is 4.71. The van der Waals surface area contributed by atoms with Crippen LogP contribution in [-0.4, -0.2) is 78.9 Å². The van der Waals surface area contributed by atoms with Crippen LogP contribution < -0.4 is 15.2 Å². The van der Waals surface area contributed by atoms with Gasteiger partial charge in [-0.1, -0.05) is 6.07 Å². The molecule has 1 aliphatic carbocycles. The molecule has 0 radical (unpaired) electrons. The summed E-state index contributed by atoms with van der Waals surface area (Å²) in [4.78, 5) is 19.0. The number of ether oxygens (including phenoxy) is 2. The minimum Gasteiger partial charge on any atom is -0.483 e. The number of imidazole rings is 1. The largest absolute Gasteiger partial charge is 0.483 e. The van der Waals surface area contributed by atoms with Crippen LogP contribution in [0.3, 0.4) is 0 Å². The number of nitrogen functional groups attached to an aromatic ring is 1. The number of morpholine rings is 1. The fourth-order valence-electron chi connectivity index (χ4n) is 5.94. The van der Waals surface area contributed by atoms with Crippen LogP contribution in [0.5, 0.6) is 5.88 Å². The molecule has 2 aromatic carbocycles. The van der Waals surface area contributed by atoms with Gasteiger partial charge in [-0.2, -0.15) is 0 Å². The lowest BCUT2D eigenvalue weighted by molar-refractivity contribution is -0.122. The molecule has 15 heteroatoms. The Hall–Kier alpha value is -4.34. The van der Waals surface area contributed by atoms with Crippen LogP contribution in [0.4, 0.5) is 20.4 Å². The first-order chi connectivity index (χ1) is 21.2. The van der Waals surface area contributed by atoms with Gasteiger partial charge in [-0.3, -0.25) is 14.4 Å². The van der Waals surface area contributed by atoms with Crippen LogP contribution >= 0.6 is 0 Å². The third-order valence-corrected chi connectivity index (χ3v) is 9.21. The number of anilines is 2. The Bertz CT molecular complexity index is 1760. The lowest BCUT2D eigenvalue weighted by Crippen LogP contribution is -2.45. The number of hydrogen-bond acceptors (Lipinski definition) is 9. The first-order valence-electron chi connectivity index (χ1n) is 13.9. The molecule has 4 aromatic rings. The summed E-state index contributed by atoms with van der Waals surface area (Å²) < 4.78 is 68.9. The van der Waals surface area contributed by atoms with E-state index in [1.165, 1.54) is 7.11 Å². The van der Waals surface area contributed by atoms with Crippen molar-refractivity contribution in [3.05, 3.63) is 60.3 Å². The summed E-state index contributed by atoms with van der Waals surface area (Å²) in [5.41, 5.74) is 9.45. The molecule has 2 aromatic heterocycles. The van der Waals surface area contributed by atoms with E-state index in [1.54, 1.807) is 12.3 Å². The van der Waals surface area contributed by atoms with Gasteiger partial charge in [0.1, 0.15) is 22.2 Å². The van der Waals surface area contributed by atoms with Gasteiger partial charge < -0.3 is 24.9 Å². The molecule has 2 atom stereocenters. The van der Waals surface area contributed by atoms with Crippen molar-refractivity contribution < 1.29 is 36.6 Å². The highest BCUT2D eigenvalue weighted by Crippen LogP contribution is 2.39. The van der Waals surface area contributed by atoms with E-state index in [4.69, 9.17) is 25.1 Å². The summed E-state index contributed by atoms with van der Waals surface area (Å²) in [6, 6.07) is 10.0. The number of sulfonamides is 1. The summed E-state index contributed by atoms with van der Waals surface area (Å²) in [5.74, 6) is -1.65. The lowest BCUT2D eigenvalue weighted by Gasteiger charge is -2.36. The van der Waals surface area contributed by atoms with Crippen LogP contribution in [0.1, 0.15) is 25.3 Å². The van der Waals surface area contributed by atoms with E-state index >= 15 is 0 Å². The zero-order chi connectivity index (χ0) is 31.4. The van der Waals surface area contributed by atoms with E-state index in [-0.39, 0.29) is 24.1 Å². The number of fused-ring (bicyclic) bond motifs is 1. The fraction of sp³-hybridized carbons (Fsp3) is 0.345. The predicted octanol–water partition coefficient (Wildman–Crippen LogP) is 3.89. The summed E-state index contributed by atoms with van der Waals surface area (Å²) in [7, 11) is -3.07. The second-order valence-corrected chi connectivity index (χ2v) is 12.0. The van der Waals surface area contributed by atoms with E-state index in [1.807, 2.05) is 18.2 Å². The van der Waals surface area contributed by atoms with Crippen molar-refractivity contribution in [2.45, 2.75) is 36.2 Å². The second-order valence-electron chi connectivity index (χ2n) is 10.3. The van der Waals surface area contributed by atoms with Gasteiger partial charge >= 0.3 is 0 Å². The van der Waals surface area contributed by atoms with Crippen molar-refractivity contribution in [2.24, 2.45) is 0 Å². The first kappa shape index (κ1) is 31.1. The number of rotatable bonds is 7. The molecule has 1 aliphatic heterocycles. The number of benzene rings is 2. The first-order valence-corrected chi connectivity index (χ1v) is 15.3. The molecule has 1 saturated carbocycles. The number of nitrogens with two attached hydrogens (primary N) is 1. The van der Waals surface area contributed by atoms with Gasteiger partial charge in [-0.05, 0) is 55.2 Å². The molecular formula is C29H32F2N6O6S. The molecule has 1 saturated heterocycles. The Labute approximate surface area is 252 Å². The van der Waals surface area contributed by atoms with Gasteiger partial charge in [-0.25, -0.2) is 27.2 Å². The molecule has 44 heavy (non-hydrogen) atoms. The molecule has 2 fully saturated rings. The highest BCUT2D eigenvalue weighted by Gasteiger charge is 2.36. The van der Waals surface area contributed by atoms with Gasteiger partial charge in [0.2, 0.25) is 11.8 Å². The maximum atomic E-state index is 14.3. The molecular weight excluding hydrogens is 598 g/mol. The Morgan fingerprint density at radius 3 is 2.52 bits per heavy atom. The quantitative estimate of drug-likeness (QED) is 0.256. The molecule has 0 bridgehead atoms. The average molecular weight is 631 g/mol. The van der Waals surface area contributed by atoms with Crippen molar-refractivity contribution >= 4 is 39.2 Å². The zero-order valence-electron chi connectivity index (χ0n) is 23.8. The molecule has 234 valence electrons. The summed E-state index contributed by atoms with van der Waals surface area (Å²) in [6.45, 7) is 2.96. The van der Waals surface area contributed by atoms with Crippen molar-refractivity contribution in [3.8, 4) is 17.0 Å². The highest BCUT2D eigenvalue weighted by molar-refractivity contribution is 7.92. The van der Waals surface area contributed by atoms with E-state index < -0.39 is 26.6 Å². The number of nitrogens with one attached hydrogen (secondary N) is 1. The number of nitrogens with zero attached hydrogens (tertiary/aromatic N) is 4. The second kappa shape index (κ2) is 13.1. The summed E-state index contributed by atoms with van der Waals surface area (Å²) in [5, 5.41) is 6.89. The number of methoxy groups -OCH3 is 1. The smallest absolute Gasteiger partial charge is 0.290 e. The Morgan fingerprint density at radius 2 is 1.82 bits per heavy atom. The van der Waals surface area contributed by atoms with Crippen LogP contribution in [-0.2, 0) is 19.6 Å². The maximum absolute atomic E-state index is 14.3. The number of carboxylic acid groups (broad SMARTS) is 1. The normalized spacial score (nSPS) is 18.9. The van der Waals surface area contributed by atoms with Gasteiger partial charge in [0.05, 0.1) is 37.4 Å². The minimum absolute atomic E-state index is 0.00465. The Balaban J connectivity index is 0.00000123. The van der Waals surface area contributed by atoms with Crippen molar-refractivity contribution in [1.29, 1.82) is 0 Å². The molecule has 6 rings (SSSR count). The number of pyridine rings is 1. The minimum atomic E-state index is -4.41. The molecule has 2 unspecified atom stereocenters. The topological polar surface area (TPSA) is 162 Å². The van der Waals surface area contributed by atoms with Crippen LogP contribution in [0.15, 0.2) is 53.6 Å². The lowest BCUT2D eigenvalue weighted by atomic mass is 10.1. The van der Waals surface area contributed by atoms with E-state index in [9.17, 15) is 17.2 Å². The number of hydrogen-bond donors (Lipinski definition) is 3. The number of carbonyl (C=O) groups is 1. The van der Waals surface area contributed by atoms with E-state index in [2.05, 4.69) is 24.2 Å². The van der Waals surface area contributed by atoms with E-state index in [0.29, 0.717) is 23.6 Å².